The van der Waals surface area contributed by atoms with E-state index in [1.54, 1.807) is 0 Å². The first-order valence-electron chi connectivity index (χ1n) is 6.76. The van der Waals surface area contributed by atoms with Crippen LogP contribution in [-0.2, 0) is 10.0 Å². The fourth-order valence-electron chi connectivity index (χ4n) is 2.30. The third-order valence-corrected chi connectivity index (χ3v) is 4.87. The highest BCUT2D eigenvalue weighted by Gasteiger charge is 2.26. The standard InChI is InChI=1S/C12H26N2O2S/c1-3-8-13-9-5-10-17(15,16)14-12-7-4-6-11(12)2/h11-14H,3-10H2,1-2H3. The van der Waals surface area contributed by atoms with Crippen LogP contribution in [0.3, 0.4) is 0 Å². The molecule has 2 atom stereocenters. The van der Waals surface area contributed by atoms with Gasteiger partial charge in [0, 0.05) is 6.04 Å². The quantitative estimate of drug-likeness (QED) is 0.652. The molecule has 2 unspecified atom stereocenters. The lowest BCUT2D eigenvalue weighted by atomic mass is 10.1. The van der Waals surface area contributed by atoms with Crippen molar-refractivity contribution in [3.8, 4) is 0 Å². The van der Waals surface area contributed by atoms with Gasteiger partial charge in [0.1, 0.15) is 0 Å². The summed E-state index contributed by atoms with van der Waals surface area (Å²) in [4.78, 5) is 0. The molecule has 0 aromatic carbocycles. The Morgan fingerprint density at radius 3 is 2.59 bits per heavy atom. The highest BCUT2D eigenvalue weighted by molar-refractivity contribution is 7.89. The van der Waals surface area contributed by atoms with Crippen LogP contribution in [0, 0.1) is 5.92 Å². The molecule has 0 saturated heterocycles. The van der Waals surface area contributed by atoms with Crippen molar-refractivity contribution >= 4 is 10.0 Å². The fourth-order valence-corrected chi connectivity index (χ4v) is 3.75. The van der Waals surface area contributed by atoms with Gasteiger partial charge in [0.05, 0.1) is 5.75 Å². The van der Waals surface area contributed by atoms with Gasteiger partial charge in [-0.2, -0.15) is 0 Å². The Labute approximate surface area is 106 Å². The maximum Gasteiger partial charge on any atom is 0.211 e. The summed E-state index contributed by atoms with van der Waals surface area (Å²) in [7, 11) is -3.08. The summed E-state index contributed by atoms with van der Waals surface area (Å²) in [6.45, 7) is 5.98. The molecule has 2 N–H and O–H groups in total. The number of hydrogen-bond donors (Lipinski definition) is 2. The minimum absolute atomic E-state index is 0.170. The second-order valence-corrected chi connectivity index (χ2v) is 6.93. The molecule has 102 valence electrons. The molecule has 0 amide bonds. The minimum atomic E-state index is -3.08. The van der Waals surface area contributed by atoms with E-state index in [9.17, 15) is 8.42 Å². The summed E-state index contributed by atoms with van der Waals surface area (Å²) in [5, 5.41) is 3.22. The zero-order valence-corrected chi connectivity index (χ0v) is 11.9. The van der Waals surface area contributed by atoms with Crippen LogP contribution in [0.4, 0.5) is 0 Å². The molecule has 17 heavy (non-hydrogen) atoms. The molecule has 0 spiro atoms. The van der Waals surface area contributed by atoms with Gasteiger partial charge in [0.2, 0.25) is 10.0 Å². The first-order valence-corrected chi connectivity index (χ1v) is 8.41. The molecule has 0 aliphatic heterocycles. The predicted molar refractivity (Wildman–Crippen MR) is 71.5 cm³/mol. The van der Waals surface area contributed by atoms with E-state index in [4.69, 9.17) is 0 Å². The van der Waals surface area contributed by atoms with Gasteiger partial charge in [-0.05, 0) is 44.7 Å². The molecule has 0 aromatic rings. The first-order chi connectivity index (χ1) is 8.05. The summed E-state index contributed by atoms with van der Waals surface area (Å²) >= 11 is 0. The Bertz CT molecular complexity index is 304. The minimum Gasteiger partial charge on any atom is -0.317 e. The van der Waals surface area contributed by atoms with Crippen LogP contribution in [0.25, 0.3) is 0 Å². The van der Waals surface area contributed by atoms with Crippen LogP contribution in [-0.4, -0.2) is 33.3 Å². The zero-order valence-electron chi connectivity index (χ0n) is 11.0. The maximum atomic E-state index is 11.8. The van der Waals surface area contributed by atoms with Crippen molar-refractivity contribution in [2.75, 3.05) is 18.8 Å². The Morgan fingerprint density at radius 2 is 2.00 bits per heavy atom. The van der Waals surface area contributed by atoms with Crippen molar-refractivity contribution in [2.24, 2.45) is 5.92 Å². The van der Waals surface area contributed by atoms with Gasteiger partial charge in [0.25, 0.3) is 0 Å². The summed E-state index contributed by atoms with van der Waals surface area (Å²) in [5.74, 6) is 0.732. The summed E-state index contributed by atoms with van der Waals surface area (Å²) in [6.07, 6.45) is 5.06. The lowest BCUT2D eigenvalue weighted by molar-refractivity contribution is 0.475. The van der Waals surface area contributed by atoms with Crippen molar-refractivity contribution in [3.05, 3.63) is 0 Å². The Hall–Kier alpha value is -0.130. The molecule has 1 rings (SSSR count). The van der Waals surface area contributed by atoms with Gasteiger partial charge in [0.15, 0.2) is 0 Å². The van der Waals surface area contributed by atoms with Crippen LogP contribution in [0.2, 0.25) is 0 Å². The van der Waals surface area contributed by atoms with E-state index in [1.165, 1.54) is 0 Å². The maximum absolute atomic E-state index is 11.8. The molecule has 1 saturated carbocycles. The third-order valence-electron chi connectivity index (χ3n) is 3.39. The number of nitrogens with one attached hydrogen (secondary N) is 2. The monoisotopic (exact) mass is 262 g/mol. The van der Waals surface area contributed by atoms with E-state index in [-0.39, 0.29) is 11.8 Å². The number of hydrogen-bond acceptors (Lipinski definition) is 3. The molecule has 1 aliphatic rings. The molecule has 1 fully saturated rings. The van der Waals surface area contributed by atoms with Crippen molar-refractivity contribution in [1.29, 1.82) is 0 Å². The molecule has 1 aliphatic carbocycles. The van der Waals surface area contributed by atoms with E-state index in [0.717, 1.165) is 38.8 Å². The van der Waals surface area contributed by atoms with Crippen molar-refractivity contribution in [1.82, 2.24) is 10.0 Å². The largest absolute Gasteiger partial charge is 0.317 e. The summed E-state index contributed by atoms with van der Waals surface area (Å²) in [5.41, 5.74) is 0. The highest BCUT2D eigenvalue weighted by Crippen LogP contribution is 2.25. The van der Waals surface area contributed by atoms with Crippen LogP contribution in [0.5, 0.6) is 0 Å². The molecule has 0 aromatic heterocycles. The van der Waals surface area contributed by atoms with Gasteiger partial charge in [-0.15, -0.1) is 0 Å². The second-order valence-electron chi connectivity index (χ2n) is 5.05. The summed E-state index contributed by atoms with van der Waals surface area (Å²) in [6, 6.07) is 0.170. The Kier molecular flexibility index (Phi) is 6.44. The highest BCUT2D eigenvalue weighted by atomic mass is 32.2. The molecule has 5 heteroatoms. The number of sulfonamides is 1. The fraction of sp³-hybridized carbons (Fsp3) is 1.00. The SMILES string of the molecule is CCCNCCCS(=O)(=O)NC1CCCC1C. The molecular weight excluding hydrogens is 236 g/mol. The van der Waals surface area contributed by atoms with Gasteiger partial charge >= 0.3 is 0 Å². The Morgan fingerprint density at radius 1 is 1.24 bits per heavy atom. The van der Waals surface area contributed by atoms with E-state index < -0.39 is 10.0 Å². The van der Waals surface area contributed by atoms with Crippen LogP contribution in [0.1, 0.15) is 46.0 Å². The smallest absolute Gasteiger partial charge is 0.211 e. The van der Waals surface area contributed by atoms with Gasteiger partial charge in [-0.3, -0.25) is 0 Å². The average molecular weight is 262 g/mol. The van der Waals surface area contributed by atoms with Crippen LogP contribution in [0.15, 0.2) is 0 Å². The molecule has 0 heterocycles. The van der Waals surface area contributed by atoms with Gasteiger partial charge < -0.3 is 5.32 Å². The molecule has 0 radical (unpaired) electrons. The van der Waals surface area contributed by atoms with Crippen LogP contribution < -0.4 is 10.0 Å². The third kappa shape index (κ3) is 5.84. The Balaban J connectivity index is 2.21. The number of rotatable bonds is 8. The lowest BCUT2D eigenvalue weighted by Crippen LogP contribution is -2.38. The van der Waals surface area contributed by atoms with Crippen molar-refractivity contribution in [3.63, 3.8) is 0 Å². The molecular formula is C12H26N2O2S. The van der Waals surface area contributed by atoms with Crippen LogP contribution >= 0.6 is 0 Å². The van der Waals surface area contributed by atoms with E-state index in [2.05, 4.69) is 23.9 Å². The second kappa shape index (κ2) is 7.34. The molecule has 0 bridgehead atoms. The van der Waals surface area contributed by atoms with Crippen molar-refractivity contribution in [2.45, 2.75) is 52.0 Å². The van der Waals surface area contributed by atoms with Gasteiger partial charge in [-0.1, -0.05) is 20.3 Å². The zero-order chi connectivity index (χ0) is 12.7. The lowest BCUT2D eigenvalue weighted by Gasteiger charge is -2.17. The average Bonchev–Trinajstić information content (AvgIpc) is 2.63. The van der Waals surface area contributed by atoms with E-state index in [1.807, 2.05) is 0 Å². The molecule has 4 nitrogen and oxygen atoms in total. The normalized spacial score (nSPS) is 25.3. The predicted octanol–water partition coefficient (Wildman–Crippen LogP) is 1.48. The topological polar surface area (TPSA) is 58.2 Å². The van der Waals surface area contributed by atoms with E-state index >= 15 is 0 Å². The first kappa shape index (κ1) is 14.9. The van der Waals surface area contributed by atoms with Gasteiger partial charge in [-0.25, -0.2) is 13.1 Å². The summed E-state index contributed by atoms with van der Waals surface area (Å²) < 4.78 is 26.5. The van der Waals surface area contributed by atoms with E-state index in [0.29, 0.717) is 12.3 Å². The van der Waals surface area contributed by atoms with Crippen molar-refractivity contribution < 1.29 is 8.42 Å².